The molecule has 0 spiro atoms. The number of nitrogens with zero attached hydrogens (tertiary/aromatic N) is 1. The van der Waals surface area contributed by atoms with Gasteiger partial charge in [0.05, 0.1) is 23.7 Å². The van der Waals surface area contributed by atoms with Crippen LogP contribution < -0.4 is 16.4 Å². The molecule has 6 nitrogen and oxygen atoms in total. The number of amides is 2. The molecule has 0 saturated carbocycles. The molecule has 21 heavy (non-hydrogen) atoms. The second kappa shape index (κ2) is 6.79. The number of anilines is 1. The molecule has 0 radical (unpaired) electrons. The minimum Gasteiger partial charge on any atom is -0.346 e. The zero-order chi connectivity index (χ0) is 15.4. The fraction of sp³-hybridized carbons (Fsp3) is 0.308. The van der Waals surface area contributed by atoms with Gasteiger partial charge in [-0.1, -0.05) is 0 Å². The number of nitrogens with one attached hydrogen (secondary N) is 2. The Hall–Kier alpha value is -1.77. The highest BCUT2D eigenvalue weighted by Crippen LogP contribution is 2.34. The number of thiophene rings is 1. The summed E-state index contributed by atoms with van der Waals surface area (Å²) in [5.74, 6) is -0.685. The molecule has 0 atom stereocenters. The van der Waals surface area contributed by atoms with Crippen molar-refractivity contribution >= 4 is 39.6 Å². The van der Waals surface area contributed by atoms with Crippen molar-refractivity contribution in [2.75, 3.05) is 18.4 Å². The largest absolute Gasteiger partial charge is 0.346 e. The number of rotatable bonds is 5. The van der Waals surface area contributed by atoms with E-state index in [0.717, 1.165) is 15.4 Å². The molecular weight excluding hydrogens is 308 g/mol. The van der Waals surface area contributed by atoms with E-state index in [4.69, 9.17) is 5.73 Å². The first-order valence-electron chi connectivity index (χ1n) is 6.30. The third kappa shape index (κ3) is 4.10. The van der Waals surface area contributed by atoms with Crippen LogP contribution in [0.5, 0.6) is 0 Å². The molecule has 2 aromatic heterocycles. The Morgan fingerprint density at radius 1 is 1.24 bits per heavy atom. The van der Waals surface area contributed by atoms with Crippen molar-refractivity contribution in [3.05, 3.63) is 21.9 Å². The van der Waals surface area contributed by atoms with Crippen LogP contribution in [0.3, 0.4) is 0 Å². The van der Waals surface area contributed by atoms with Gasteiger partial charge in [-0.2, -0.15) is 0 Å². The highest BCUT2D eigenvalue weighted by Gasteiger charge is 2.13. The monoisotopic (exact) mass is 324 g/mol. The Morgan fingerprint density at radius 3 is 2.62 bits per heavy atom. The molecule has 0 bridgehead atoms. The van der Waals surface area contributed by atoms with Gasteiger partial charge in [-0.25, -0.2) is 4.98 Å². The molecule has 2 heterocycles. The quantitative estimate of drug-likeness (QED) is 0.776. The van der Waals surface area contributed by atoms with E-state index in [1.165, 1.54) is 16.2 Å². The smallest absolute Gasteiger partial charge is 0.245 e. The van der Waals surface area contributed by atoms with E-state index in [-0.39, 0.29) is 24.9 Å². The lowest BCUT2D eigenvalue weighted by Crippen LogP contribution is -2.36. The number of nitrogens with two attached hydrogens (primary N) is 1. The molecule has 2 aromatic rings. The van der Waals surface area contributed by atoms with Crippen molar-refractivity contribution in [2.45, 2.75) is 13.8 Å². The molecule has 2 rings (SSSR count). The van der Waals surface area contributed by atoms with Crippen LogP contribution in [0, 0.1) is 13.8 Å². The summed E-state index contributed by atoms with van der Waals surface area (Å²) < 4.78 is 0. The summed E-state index contributed by atoms with van der Waals surface area (Å²) in [5.41, 5.74) is 6.04. The van der Waals surface area contributed by atoms with Crippen LogP contribution in [0.4, 0.5) is 5.13 Å². The Kier molecular flexibility index (Phi) is 5.05. The van der Waals surface area contributed by atoms with Gasteiger partial charge in [0, 0.05) is 9.75 Å². The number of hydrogen-bond acceptors (Lipinski definition) is 6. The molecule has 0 fully saturated rings. The number of carbonyl (C=O) groups excluding carboxylic acids is 2. The predicted octanol–water partition coefficient (Wildman–Crippen LogP) is 1.50. The lowest BCUT2D eigenvalue weighted by atomic mass is 10.3. The van der Waals surface area contributed by atoms with Crippen LogP contribution >= 0.6 is 22.7 Å². The van der Waals surface area contributed by atoms with Crippen molar-refractivity contribution in [2.24, 2.45) is 5.73 Å². The van der Waals surface area contributed by atoms with E-state index in [9.17, 15) is 9.59 Å². The number of carbonyl (C=O) groups is 2. The normalized spacial score (nSPS) is 10.4. The first-order chi connectivity index (χ1) is 9.99. The zero-order valence-corrected chi connectivity index (χ0v) is 13.4. The number of aryl methyl sites for hydroxylation is 2. The Bertz CT molecular complexity index is 663. The molecular formula is C13H16N4O2S2. The molecule has 8 heteroatoms. The van der Waals surface area contributed by atoms with E-state index >= 15 is 0 Å². The predicted molar refractivity (Wildman–Crippen MR) is 85.6 cm³/mol. The maximum absolute atomic E-state index is 11.7. The van der Waals surface area contributed by atoms with E-state index in [0.29, 0.717) is 5.13 Å². The molecule has 0 unspecified atom stereocenters. The summed E-state index contributed by atoms with van der Waals surface area (Å²) in [7, 11) is 0. The van der Waals surface area contributed by atoms with Gasteiger partial charge >= 0.3 is 0 Å². The molecule has 4 N–H and O–H groups in total. The van der Waals surface area contributed by atoms with Crippen molar-refractivity contribution < 1.29 is 9.59 Å². The maximum Gasteiger partial charge on any atom is 0.245 e. The number of aromatic nitrogens is 1. The van der Waals surface area contributed by atoms with Crippen LogP contribution in [-0.4, -0.2) is 29.9 Å². The molecule has 0 saturated heterocycles. The second-order valence-corrected chi connectivity index (χ2v) is 6.85. The number of hydrogen-bond donors (Lipinski definition) is 3. The summed E-state index contributed by atoms with van der Waals surface area (Å²) in [5, 5.41) is 5.62. The summed E-state index contributed by atoms with van der Waals surface area (Å²) in [6, 6.07) is 4.06. The van der Waals surface area contributed by atoms with Crippen LogP contribution in [0.2, 0.25) is 0 Å². The standard InChI is InChI=1S/C13H16N4O2S2/c1-7-3-4-9(20-7)12-8(2)21-13(17-12)16-11(19)6-15-10(18)5-14/h3-4H,5-6,14H2,1-2H3,(H,15,18)(H,16,17,19). The van der Waals surface area contributed by atoms with Gasteiger partial charge in [0.1, 0.15) is 0 Å². The van der Waals surface area contributed by atoms with Crippen LogP contribution in [0.15, 0.2) is 12.1 Å². The van der Waals surface area contributed by atoms with Gasteiger partial charge in [0.25, 0.3) is 0 Å². The molecule has 0 aromatic carbocycles. The molecule has 0 aliphatic heterocycles. The van der Waals surface area contributed by atoms with E-state index in [1.54, 1.807) is 11.3 Å². The fourth-order valence-electron chi connectivity index (χ4n) is 1.65. The molecule has 0 aliphatic rings. The Balaban J connectivity index is 2.02. The summed E-state index contributed by atoms with van der Waals surface area (Å²) in [4.78, 5) is 30.5. The Morgan fingerprint density at radius 2 is 2.00 bits per heavy atom. The summed E-state index contributed by atoms with van der Waals surface area (Å²) in [6.07, 6.45) is 0. The topological polar surface area (TPSA) is 97.1 Å². The Labute approximate surface area is 130 Å². The van der Waals surface area contributed by atoms with E-state index in [2.05, 4.69) is 15.6 Å². The van der Waals surface area contributed by atoms with Crippen molar-refractivity contribution in [1.82, 2.24) is 10.3 Å². The number of thiazole rings is 1. The third-order valence-electron chi connectivity index (χ3n) is 2.65. The average Bonchev–Trinajstić information content (AvgIpc) is 3.02. The van der Waals surface area contributed by atoms with Gasteiger partial charge in [-0.05, 0) is 26.0 Å². The van der Waals surface area contributed by atoms with Crippen LogP contribution in [-0.2, 0) is 9.59 Å². The third-order valence-corrected chi connectivity index (χ3v) is 4.54. The first-order valence-corrected chi connectivity index (χ1v) is 7.93. The fourth-order valence-corrected chi connectivity index (χ4v) is 3.48. The SMILES string of the molecule is Cc1ccc(-c2nc(NC(=O)CNC(=O)CN)sc2C)s1. The van der Waals surface area contributed by atoms with Crippen LogP contribution in [0.1, 0.15) is 9.75 Å². The highest BCUT2D eigenvalue weighted by molar-refractivity contribution is 7.18. The molecule has 2 amide bonds. The highest BCUT2D eigenvalue weighted by atomic mass is 32.1. The van der Waals surface area contributed by atoms with Crippen molar-refractivity contribution in [3.8, 4) is 10.6 Å². The second-order valence-electron chi connectivity index (χ2n) is 4.36. The van der Waals surface area contributed by atoms with Gasteiger partial charge in [0.2, 0.25) is 11.8 Å². The van der Waals surface area contributed by atoms with E-state index < -0.39 is 0 Å². The minimum atomic E-state index is -0.366. The van der Waals surface area contributed by atoms with E-state index in [1.807, 2.05) is 26.0 Å². The van der Waals surface area contributed by atoms with Crippen molar-refractivity contribution in [3.63, 3.8) is 0 Å². The van der Waals surface area contributed by atoms with Gasteiger partial charge in [0.15, 0.2) is 5.13 Å². The summed E-state index contributed by atoms with van der Waals surface area (Å²) in [6.45, 7) is 3.76. The van der Waals surface area contributed by atoms with Crippen molar-refractivity contribution in [1.29, 1.82) is 0 Å². The molecule has 112 valence electrons. The molecule has 0 aliphatic carbocycles. The van der Waals surface area contributed by atoms with Gasteiger partial charge in [-0.15, -0.1) is 22.7 Å². The zero-order valence-electron chi connectivity index (χ0n) is 11.7. The van der Waals surface area contributed by atoms with Gasteiger partial charge < -0.3 is 16.4 Å². The van der Waals surface area contributed by atoms with Gasteiger partial charge in [-0.3, -0.25) is 9.59 Å². The maximum atomic E-state index is 11.7. The van der Waals surface area contributed by atoms with Crippen LogP contribution in [0.25, 0.3) is 10.6 Å². The first kappa shape index (κ1) is 15.6. The lowest BCUT2D eigenvalue weighted by molar-refractivity contribution is -0.123. The summed E-state index contributed by atoms with van der Waals surface area (Å²) >= 11 is 3.08. The average molecular weight is 324 g/mol. The minimum absolute atomic E-state index is 0.109. The lowest BCUT2D eigenvalue weighted by Gasteiger charge is -2.02.